The number of nitrogens with zero attached hydrogens (tertiary/aromatic N) is 6. The number of carbonyl (C=O) groups is 2. The first kappa shape index (κ1) is 29.9. The number of ether oxygens (including phenoxy) is 1. The average Bonchev–Trinajstić information content (AvgIpc) is 3.62. The number of fused-ring (bicyclic) bond motifs is 1. The van der Waals surface area contributed by atoms with E-state index in [1.165, 1.54) is 12.1 Å². The number of aromatic nitrogens is 5. The highest BCUT2D eigenvalue weighted by molar-refractivity contribution is 5.94. The minimum Gasteiger partial charge on any atom is -0.444 e. The van der Waals surface area contributed by atoms with E-state index in [4.69, 9.17) is 4.74 Å². The summed E-state index contributed by atoms with van der Waals surface area (Å²) in [6, 6.07) is 10.4. The van der Waals surface area contributed by atoms with Gasteiger partial charge < -0.3 is 15.0 Å². The number of pyridine rings is 1. The van der Waals surface area contributed by atoms with E-state index in [9.17, 15) is 18.4 Å². The second kappa shape index (κ2) is 11.8. The number of aryl methyl sites for hydroxylation is 1. The number of hydrogen-bond donors (Lipinski definition) is 1. The van der Waals surface area contributed by atoms with Crippen LogP contribution in [0.3, 0.4) is 0 Å². The molecule has 0 aliphatic carbocycles. The van der Waals surface area contributed by atoms with Crippen LogP contribution in [0.15, 0.2) is 67.4 Å². The molecule has 232 valence electrons. The number of carbonyl (C=O) groups excluding carboxylic acids is 2. The van der Waals surface area contributed by atoms with Gasteiger partial charge in [-0.25, -0.2) is 23.5 Å². The number of imidazole rings is 1. The molecule has 0 saturated carbocycles. The summed E-state index contributed by atoms with van der Waals surface area (Å²) < 4.78 is 37.6. The largest absolute Gasteiger partial charge is 0.444 e. The predicted octanol–water partition coefficient (Wildman–Crippen LogP) is 6.35. The average molecular weight is 614 g/mol. The van der Waals surface area contributed by atoms with Crippen molar-refractivity contribution in [3.63, 3.8) is 0 Å². The maximum atomic E-state index is 15.0. The Balaban J connectivity index is 1.29. The first-order valence-corrected chi connectivity index (χ1v) is 14.7. The first-order valence-electron chi connectivity index (χ1n) is 14.7. The summed E-state index contributed by atoms with van der Waals surface area (Å²) in [4.78, 5) is 36.7. The standard InChI is InChI=1S/C33H33F2N7O3/c1-33(2,3)45-32(44)41-9-7-20(8-10-41)31(43)39-25-11-21(27-6-5-24(34)14-28(27)35)12-26(15-25)42-19-37-29-13-22(16-36-30(29)42)23-17-38-40(4)18-23/h5-6,11-20H,7-10H2,1-4H3,(H,39,43). The van der Waals surface area contributed by atoms with Crippen LogP contribution in [0.1, 0.15) is 33.6 Å². The topological polar surface area (TPSA) is 107 Å². The number of benzene rings is 2. The van der Waals surface area contributed by atoms with Gasteiger partial charge in [0.05, 0.1) is 11.9 Å². The lowest BCUT2D eigenvalue weighted by atomic mass is 9.96. The van der Waals surface area contributed by atoms with Gasteiger partial charge >= 0.3 is 6.09 Å². The van der Waals surface area contributed by atoms with Crippen LogP contribution in [-0.2, 0) is 16.6 Å². The number of halogens is 2. The number of anilines is 1. The van der Waals surface area contributed by atoms with E-state index in [0.717, 1.165) is 17.2 Å². The lowest BCUT2D eigenvalue weighted by Crippen LogP contribution is -2.43. The zero-order chi connectivity index (χ0) is 31.9. The maximum absolute atomic E-state index is 15.0. The third-order valence-corrected chi connectivity index (χ3v) is 7.65. The van der Waals surface area contributed by atoms with Crippen LogP contribution in [0.25, 0.3) is 39.1 Å². The number of piperidine rings is 1. The summed E-state index contributed by atoms with van der Waals surface area (Å²) in [5, 5.41) is 7.20. The van der Waals surface area contributed by atoms with Crippen LogP contribution in [0, 0.1) is 17.6 Å². The van der Waals surface area contributed by atoms with Gasteiger partial charge in [-0.1, -0.05) is 0 Å². The summed E-state index contributed by atoms with van der Waals surface area (Å²) >= 11 is 0. The van der Waals surface area contributed by atoms with Crippen LogP contribution in [0.2, 0.25) is 0 Å². The predicted molar refractivity (Wildman–Crippen MR) is 166 cm³/mol. The van der Waals surface area contributed by atoms with Gasteiger partial charge in [0.1, 0.15) is 29.1 Å². The minimum atomic E-state index is -0.728. The molecule has 1 saturated heterocycles. The van der Waals surface area contributed by atoms with Crippen molar-refractivity contribution in [3.8, 4) is 27.9 Å². The summed E-state index contributed by atoms with van der Waals surface area (Å²) in [5.41, 5.74) is 3.98. The molecule has 1 fully saturated rings. The number of amides is 2. The normalized spacial score (nSPS) is 14.1. The van der Waals surface area contributed by atoms with Crippen molar-refractivity contribution in [3.05, 3.63) is 79.0 Å². The van der Waals surface area contributed by atoms with Gasteiger partial charge in [-0.2, -0.15) is 5.10 Å². The molecule has 1 aliphatic heterocycles. The van der Waals surface area contributed by atoms with Gasteiger partial charge in [-0.15, -0.1) is 0 Å². The van der Waals surface area contributed by atoms with E-state index < -0.39 is 23.3 Å². The van der Waals surface area contributed by atoms with E-state index >= 15 is 0 Å². The monoisotopic (exact) mass is 613 g/mol. The molecule has 0 radical (unpaired) electrons. The fourth-order valence-corrected chi connectivity index (χ4v) is 5.41. The molecule has 3 aromatic heterocycles. The highest BCUT2D eigenvalue weighted by Crippen LogP contribution is 2.32. The molecule has 1 aliphatic rings. The van der Waals surface area contributed by atoms with Crippen LogP contribution in [0.5, 0.6) is 0 Å². The second-order valence-corrected chi connectivity index (χ2v) is 12.2. The number of nitrogens with one attached hydrogen (secondary N) is 1. The van der Waals surface area contributed by atoms with Crippen molar-refractivity contribution >= 4 is 28.9 Å². The quantitative estimate of drug-likeness (QED) is 0.248. The Bertz CT molecular complexity index is 1900. The molecule has 6 rings (SSSR count). The summed E-state index contributed by atoms with van der Waals surface area (Å²) in [7, 11) is 1.84. The smallest absolute Gasteiger partial charge is 0.410 e. The van der Waals surface area contributed by atoms with Crippen LogP contribution < -0.4 is 5.32 Å². The van der Waals surface area contributed by atoms with Crippen LogP contribution in [0.4, 0.5) is 19.3 Å². The fourth-order valence-electron chi connectivity index (χ4n) is 5.41. The fraction of sp³-hybridized carbons (Fsp3) is 0.303. The van der Waals surface area contributed by atoms with Crippen LogP contribution in [-0.4, -0.2) is 59.9 Å². The molecular formula is C33H33F2N7O3. The summed E-state index contributed by atoms with van der Waals surface area (Å²) in [5.74, 6) is -1.96. The molecule has 5 aromatic rings. The molecule has 0 unspecified atom stereocenters. The van der Waals surface area contributed by atoms with E-state index in [1.54, 1.807) is 51.1 Å². The lowest BCUT2D eigenvalue weighted by molar-refractivity contribution is -0.121. The van der Waals surface area contributed by atoms with Gasteiger partial charge in [0.15, 0.2) is 5.65 Å². The maximum Gasteiger partial charge on any atom is 0.410 e. The SMILES string of the molecule is Cn1cc(-c2cnc3c(c2)ncn3-c2cc(NC(=O)C3CCN(C(=O)OC(C)(C)C)CC3)cc(-c3ccc(F)cc3F)c2)cn1. The zero-order valence-electron chi connectivity index (χ0n) is 25.4. The highest BCUT2D eigenvalue weighted by atomic mass is 19.1. The number of likely N-dealkylation sites (tertiary alicyclic amines) is 1. The van der Waals surface area contributed by atoms with Crippen molar-refractivity contribution in [1.29, 1.82) is 0 Å². The third kappa shape index (κ3) is 6.54. The number of rotatable bonds is 5. The van der Waals surface area contributed by atoms with E-state index in [2.05, 4.69) is 20.4 Å². The molecule has 0 bridgehead atoms. The summed E-state index contributed by atoms with van der Waals surface area (Å²) in [6.45, 7) is 6.23. The zero-order valence-corrected chi connectivity index (χ0v) is 25.4. The lowest BCUT2D eigenvalue weighted by Gasteiger charge is -2.33. The van der Waals surface area contributed by atoms with Crippen LogP contribution >= 0.6 is 0 Å². The molecule has 12 heteroatoms. The Morgan fingerprint density at radius 3 is 2.42 bits per heavy atom. The van der Waals surface area contributed by atoms with Gasteiger partial charge in [-0.3, -0.25) is 14.0 Å². The Hall–Kier alpha value is -5.13. The van der Waals surface area contributed by atoms with Gasteiger partial charge in [0.2, 0.25) is 5.91 Å². The van der Waals surface area contributed by atoms with Gasteiger partial charge in [-0.05, 0) is 75.6 Å². The molecule has 0 spiro atoms. The van der Waals surface area contributed by atoms with E-state index in [-0.39, 0.29) is 17.4 Å². The van der Waals surface area contributed by atoms with Crippen molar-refractivity contribution in [2.75, 3.05) is 18.4 Å². The van der Waals surface area contributed by atoms with Crippen molar-refractivity contribution < 1.29 is 23.1 Å². The van der Waals surface area contributed by atoms with Gasteiger partial charge in [0, 0.05) is 66.9 Å². The second-order valence-electron chi connectivity index (χ2n) is 12.2. The molecule has 0 atom stereocenters. The highest BCUT2D eigenvalue weighted by Gasteiger charge is 2.30. The van der Waals surface area contributed by atoms with E-state index in [1.807, 2.05) is 40.1 Å². The molecular weight excluding hydrogens is 580 g/mol. The van der Waals surface area contributed by atoms with Crippen molar-refractivity contribution in [1.82, 2.24) is 29.2 Å². The van der Waals surface area contributed by atoms with Crippen molar-refractivity contribution in [2.24, 2.45) is 13.0 Å². The van der Waals surface area contributed by atoms with Gasteiger partial charge in [0.25, 0.3) is 0 Å². The Morgan fingerprint density at radius 2 is 1.73 bits per heavy atom. The Labute approximate surface area is 258 Å². The molecule has 10 nitrogen and oxygen atoms in total. The third-order valence-electron chi connectivity index (χ3n) is 7.65. The van der Waals surface area contributed by atoms with Crippen molar-refractivity contribution in [2.45, 2.75) is 39.2 Å². The molecule has 4 heterocycles. The number of hydrogen-bond acceptors (Lipinski definition) is 6. The summed E-state index contributed by atoms with van der Waals surface area (Å²) in [6.07, 6.45) is 7.53. The molecule has 45 heavy (non-hydrogen) atoms. The Morgan fingerprint density at radius 1 is 0.956 bits per heavy atom. The molecule has 1 N–H and O–H groups in total. The van der Waals surface area contributed by atoms with E-state index in [0.29, 0.717) is 54.0 Å². The first-order chi connectivity index (χ1) is 21.4. The molecule has 2 aromatic carbocycles. The minimum absolute atomic E-state index is 0.177. The Kier molecular flexibility index (Phi) is 7.81. The molecule has 2 amide bonds.